The van der Waals surface area contributed by atoms with Gasteiger partial charge in [-0.1, -0.05) is 63.9 Å². The maximum atomic E-state index is 10.9. The van der Waals surface area contributed by atoms with Crippen molar-refractivity contribution in [1.82, 2.24) is 0 Å². The largest absolute Gasteiger partial charge is 0.298 e. The van der Waals surface area contributed by atoms with Crippen LogP contribution in [0.5, 0.6) is 0 Å². The Kier molecular flexibility index (Phi) is 8.99. The molecule has 0 aromatic heterocycles. The molecular formula is C16H28O. The molecule has 0 radical (unpaired) electrons. The number of hydrogen-bond acceptors (Lipinski definition) is 1. The van der Waals surface area contributed by atoms with Gasteiger partial charge in [-0.3, -0.25) is 4.79 Å². The second-order valence-corrected chi connectivity index (χ2v) is 5.32. The summed E-state index contributed by atoms with van der Waals surface area (Å²) < 4.78 is 0. The second-order valence-electron chi connectivity index (χ2n) is 5.32. The van der Waals surface area contributed by atoms with Crippen molar-refractivity contribution in [2.45, 2.75) is 83.5 Å². The minimum atomic E-state index is 1.00. The van der Waals surface area contributed by atoms with E-state index >= 15 is 0 Å². The molecule has 1 nitrogen and oxygen atoms in total. The molecule has 1 rings (SSSR count). The molecule has 1 heteroatoms. The van der Waals surface area contributed by atoms with Crippen LogP contribution < -0.4 is 0 Å². The van der Waals surface area contributed by atoms with Gasteiger partial charge < -0.3 is 0 Å². The second kappa shape index (κ2) is 10.6. The molecule has 0 bridgehead atoms. The smallest absolute Gasteiger partial charge is 0.145 e. The van der Waals surface area contributed by atoms with Gasteiger partial charge in [-0.05, 0) is 31.3 Å². The fraction of sp³-hybridized carbons (Fsp3) is 0.812. The van der Waals surface area contributed by atoms with Crippen LogP contribution in [0.1, 0.15) is 83.5 Å². The summed E-state index contributed by atoms with van der Waals surface area (Å²) in [5.41, 5.74) is 1.04. The SMILES string of the molecule is O=C/C1=C\CCCCCCCCCCCCC1. The number of rotatable bonds is 1. The normalized spacial score (nSPS) is 25.1. The van der Waals surface area contributed by atoms with Crippen LogP contribution in [-0.2, 0) is 4.79 Å². The number of hydrogen-bond donors (Lipinski definition) is 0. The van der Waals surface area contributed by atoms with Crippen molar-refractivity contribution in [1.29, 1.82) is 0 Å². The topological polar surface area (TPSA) is 17.1 Å². The van der Waals surface area contributed by atoms with Gasteiger partial charge in [0.25, 0.3) is 0 Å². The van der Waals surface area contributed by atoms with E-state index in [1.54, 1.807) is 0 Å². The van der Waals surface area contributed by atoms with E-state index in [-0.39, 0.29) is 0 Å². The molecular weight excluding hydrogens is 208 g/mol. The van der Waals surface area contributed by atoms with Crippen molar-refractivity contribution in [3.63, 3.8) is 0 Å². The fourth-order valence-electron chi connectivity index (χ4n) is 2.56. The lowest BCUT2D eigenvalue weighted by atomic mass is 10.0. The van der Waals surface area contributed by atoms with Crippen molar-refractivity contribution in [2.24, 2.45) is 0 Å². The maximum absolute atomic E-state index is 10.9. The highest BCUT2D eigenvalue weighted by Crippen LogP contribution is 2.15. The lowest BCUT2D eigenvalue weighted by Gasteiger charge is -2.01. The summed E-state index contributed by atoms with van der Waals surface area (Å²) in [5, 5.41) is 0. The summed E-state index contributed by atoms with van der Waals surface area (Å²) in [6, 6.07) is 0. The summed E-state index contributed by atoms with van der Waals surface area (Å²) in [4.78, 5) is 10.9. The van der Waals surface area contributed by atoms with Crippen LogP contribution in [0.15, 0.2) is 11.6 Å². The Morgan fingerprint density at radius 1 is 0.706 bits per heavy atom. The molecule has 0 atom stereocenters. The van der Waals surface area contributed by atoms with Crippen LogP contribution in [0.4, 0.5) is 0 Å². The Morgan fingerprint density at radius 3 is 1.71 bits per heavy atom. The monoisotopic (exact) mass is 236 g/mol. The predicted octanol–water partition coefficient (Wildman–Crippen LogP) is 5.20. The fourth-order valence-corrected chi connectivity index (χ4v) is 2.56. The highest BCUT2D eigenvalue weighted by molar-refractivity contribution is 5.72. The lowest BCUT2D eigenvalue weighted by molar-refractivity contribution is -0.105. The first kappa shape index (κ1) is 14.5. The van der Waals surface area contributed by atoms with Gasteiger partial charge in [-0.25, -0.2) is 0 Å². The van der Waals surface area contributed by atoms with Gasteiger partial charge in [0, 0.05) is 0 Å². The Labute approximate surface area is 107 Å². The Morgan fingerprint density at radius 2 is 1.18 bits per heavy atom. The molecule has 0 amide bonds. The van der Waals surface area contributed by atoms with E-state index in [0.29, 0.717) is 0 Å². The first-order chi connectivity index (χ1) is 8.43. The van der Waals surface area contributed by atoms with Gasteiger partial charge in [0.05, 0.1) is 0 Å². The van der Waals surface area contributed by atoms with Crippen LogP contribution in [-0.4, -0.2) is 6.29 Å². The van der Waals surface area contributed by atoms with Gasteiger partial charge in [0.15, 0.2) is 0 Å². The molecule has 0 spiro atoms. The highest BCUT2D eigenvalue weighted by atomic mass is 16.1. The summed E-state index contributed by atoms with van der Waals surface area (Å²) in [7, 11) is 0. The molecule has 0 saturated heterocycles. The van der Waals surface area contributed by atoms with Crippen molar-refractivity contribution >= 4 is 6.29 Å². The zero-order valence-electron chi connectivity index (χ0n) is 11.3. The van der Waals surface area contributed by atoms with Gasteiger partial charge in [-0.2, -0.15) is 0 Å². The Hall–Kier alpha value is -0.590. The van der Waals surface area contributed by atoms with Crippen molar-refractivity contribution in [3.05, 3.63) is 11.6 Å². The maximum Gasteiger partial charge on any atom is 0.145 e. The number of allylic oxidation sites excluding steroid dienone is 2. The molecule has 0 aromatic carbocycles. The number of carbonyl (C=O) groups excluding carboxylic acids is 1. The highest BCUT2D eigenvalue weighted by Gasteiger charge is 1.98. The zero-order valence-corrected chi connectivity index (χ0v) is 11.3. The first-order valence-corrected chi connectivity index (χ1v) is 7.57. The molecule has 0 fully saturated rings. The van der Waals surface area contributed by atoms with Crippen molar-refractivity contribution in [3.8, 4) is 0 Å². The molecule has 98 valence electrons. The third-order valence-electron chi connectivity index (χ3n) is 3.73. The summed E-state index contributed by atoms with van der Waals surface area (Å²) in [5.74, 6) is 0. The van der Waals surface area contributed by atoms with Gasteiger partial charge >= 0.3 is 0 Å². The quantitative estimate of drug-likeness (QED) is 0.572. The summed E-state index contributed by atoms with van der Waals surface area (Å²) >= 11 is 0. The molecule has 0 aliphatic heterocycles. The van der Waals surface area contributed by atoms with E-state index in [2.05, 4.69) is 6.08 Å². The average Bonchev–Trinajstić information content (AvgIpc) is 2.36. The van der Waals surface area contributed by atoms with E-state index < -0.39 is 0 Å². The van der Waals surface area contributed by atoms with Crippen LogP contribution in [0.2, 0.25) is 0 Å². The molecule has 1 aliphatic rings. The van der Waals surface area contributed by atoms with Crippen LogP contribution >= 0.6 is 0 Å². The molecule has 0 N–H and O–H groups in total. The predicted molar refractivity (Wildman–Crippen MR) is 74.2 cm³/mol. The minimum Gasteiger partial charge on any atom is -0.298 e. The molecule has 0 unspecified atom stereocenters. The molecule has 17 heavy (non-hydrogen) atoms. The lowest BCUT2D eigenvalue weighted by Crippen LogP contribution is -1.87. The third kappa shape index (κ3) is 8.18. The van der Waals surface area contributed by atoms with Crippen molar-refractivity contribution in [2.75, 3.05) is 0 Å². The molecule has 0 aromatic rings. The minimum absolute atomic E-state index is 1.00. The van der Waals surface area contributed by atoms with E-state index in [1.165, 1.54) is 70.6 Å². The van der Waals surface area contributed by atoms with E-state index in [4.69, 9.17) is 0 Å². The standard InChI is InChI=1S/C16H28O/c17-15-16-13-11-9-7-5-3-1-2-4-6-8-10-12-14-16/h13,15H,1-12,14H2/b16-13-. The van der Waals surface area contributed by atoms with Crippen molar-refractivity contribution < 1.29 is 4.79 Å². The van der Waals surface area contributed by atoms with E-state index in [1.807, 2.05) is 0 Å². The molecule has 0 heterocycles. The molecule has 1 aliphatic carbocycles. The van der Waals surface area contributed by atoms with Crippen LogP contribution in [0.3, 0.4) is 0 Å². The van der Waals surface area contributed by atoms with Gasteiger partial charge in [0.1, 0.15) is 6.29 Å². The van der Waals surface area contributed by atoms with E-state index in [0.717, 1.165) is 24.7 Å². The number of aldehydes is 1. The van der Waals surface area contributed by atoms with Gasteiger partial charge in [0.2, 0.25) is 0 Å². The van der Waals surface area contributed by atoms with Gasteiger partial charge in [-0.15, -0.1) is 0 Å². The summed E-state index contributed by atoms with van der Waals surface area (Å²) in [6.45, 7) is 0. The molecule has 0 saturated carbocycles. The Bertz CT molecular complexity index is 218. The first-order valence-electron chi connectivity index (χ1n) is 7.57. The Balaban J connectivity index is 2.28. The average molecular weight is 236 g/mol. The third-order valence-corrected chi connectivity index (χ3v) is 3.73. The zero-order chi connectivity index (χ0) is 12.2. The van der Waals surface area contributed by atoms with Crippen LogP contribution in [0.25, 0.3) is 0 Å². The summed E-state index contributed by atoms with van der Waals surface area (Å²) in [6.07, 6.45) is 20.2. The van der Waals surface area contributed by atoms with Crippen LogP contribution in [0, 0.1) is 0 Å². The van der Waals surface area contributed by atoms with E-state index in [9.17, 15) is 4.79 Å². The number of carbonyl (C=O) groups is 1.